The second-order valence-corrected chi connectivity index (χ2v) is 9.56. The first-order valence-electron chi connectivity index (χ1n) is 12.7. The van der Waals surface area contributed by atoms with Gasteiger partial charge in [0.1, 0.15) is 36.1 Å². The lowest BCUT2D eigenvalue weighted by molar-refractivity contribution is -0.185. The number of benzene rings is 3. The van der Waals surface area contributed by atoms with Gasteiger partial charge in [0.2, 0.25) is 0 Å². The van der Waals surface area contributed by atoms with Crippen LogP contribution in [-0.4, -0.2) is 64.1 Å². The zero-order valence-electron chi connectivity index (χ0n) is 20.2. The van der Waals surface area contributed by atoms with E-state index in [1.54, 1.807) is 0 Å². The van der Waals surface area contributed by atoms with Crippen molar-refractivity contribution in [2.24, 2.45) is 0 Å². The fourth-order valence-electron chi connectivity index (χ4n) is 4.67. The third-order valence-corrected chi connectivity index (χ3v) is 6.84. The summed E-state index contributed by atoms with van der Waals surface area (Å²) in [6.07, 6.45) is -0.625. The number of hydrogen-bond acceptors (Lipinski definition) is 6. The van der Waals surface area contributed by atoms with E-state index in [1.807, 2.05) is 54.6 Å². The van der Waals surface area contributed by atoms with E-state index in [2.05, 4.69) is 36.4 Å². The Hall–Kier alpha value is -2.58. The van der Waals surface area contributed by atoms with Crippen molar-refractivity contribution < 1.29 is 28.4 Å². The van der Waals surface area contributed by atoms with Gasteiger partial charge in [-0.05, 0) is 16.7 Å². The Labute approximate surface area is 212 Å². The normalized spacial score (nSPS) is 24.2. The summed E-state index contributed by atoms with van der Waals surface area (Å²) in [5, 5.41) is 0. The van der Waals surface area contributed by atoms with Gasteiger partial charge in [-0.1, -0.05) is 91.0 Å². The van der Waals surface area contributed by atoms with E-state index in [0.29, 0.717) is 33.0 Å². The maximum atomic E-state index is 6.96. The molecule has 0 radical (unpaired) electrons. The molecule has 3 aromatic rings. The number of hydrogen-bond donors (Lipinski definition) is 0. The van der Waals surface area contributed by atoms with Crippen LogP contribution in [0.15, 0.2) is 91.0 Å². The van der Waals surface area contributed by atoms with Gasteiger partial charge in [-0.3, -0.25) is 0 Å². The summed E-state index contributed by atoms with van der Waals surface area (Å²) in [6, 6.07) is 30.9. The zero-order valence-corrected chi connectivity index (χ0v) is 20.2. The largest absolute Gasteiger partial charge is 0.371 e. The first-order valence-corrected chi connectivity index (χ1v) is 12.7. The quantitative estimate of drug-likeness (QED) is 0.316. The van der Waals surface area contributed by atoms with Crippen LogP contribution >= 0.6 is 0 Å². The van der Waals surface area contributed by atoms with Crippen LogP contribution in [0.5, 0.6) is 0 Å². The molecule has 5 atom stereocenters. The Balaban J connectivity index is 1.49. The molecule has 6 rings (SSSR count). The molecule has 3 saturated heterocycles. The van der Waals surface area contributed by atoms with E-state index in [-0.39, 0.29) is 18.3 Å². The van der Waals surface area contributed by atoms with Gasteiger partial charge in [-0.15, -0.1) is 0 Å². The van der Waals surface area contributed by atoms with Crippen LogP contribution in [0.4, 0.5) is 0 Å². The second-order valence-electron chi connectivity index (χ2n) is 9.56. The zero-order chi connectivity index (χ0) is 24.2. The van der Waals surface area contributed by atoms with Crippen molar-refractivity contribution in [2.45, 2.75) is 36.1 Å². The molecule has 0 bridgehead atoms. The smallest absolute Gasteiger partial charge is 0.147 e. The molecule has 3 aliphatic heterocycles. The fraction of sp³-hybridized carbons (Fsp3) is 0.400. The van der Waals surface area contributed by atoms with Gasteiger partial charge in [0.25, 0.3) is 0 Å². The molecule has 0 N–H and O–H groups in total. The summed E-state index contributed by atoms with van der Waals surface area (Å²) in [5.74, 6) is 0. The van der Waals surface area contributed by atoms with Crippen LogP contribution in [-0.2, 0) is 34.0 Å². The molecular formula is C30H32O6. The van der Waals surface area contributed by atoms with Crippen molar-refractivity contribution in [3.8, 4) is 0 Å². The lowest BCUT2D eigenvalue weighted by atomic mass is 9.77. The van der Waals surface area contributed by atoms with Gasteiger partial charge < -0.3 is 28.4 Å². The van der Waals surface area contributed by atoms with Crippen molar-refractivity contribution in [1.82, 2.24) is 0 Å². The summed E-state index contributed by atoms with van der Waals surface area (Å²) in [6.45, 7) is 3.54. The van der Waals surface area contributed by atoms with Crippen LogP contribution < -0.4 is 0 Å². The Morgan fingerprint density at radius 1 is 0.611 bits per heavy atom. The molecule has 188 valence electrons. The molecule has 0 amide bonds. The maximum absolute atomic E-state index is 6.96. The van der Waals surface area contributed by atoms with Crippen molar-refractivity contribution in [3.63, 3.8) is 0 Å². The summed E-state index contributed by atoms with van der Waals surface area (Å²) in [4.78, 5) is 0. The molecule has 3 heterocycles. The first-order chi connectivity index (χ1) is 17.8. The predicted octanol–water partition coefficient (Wildman–Crippen LogP) is 4.29. The highest BCUT2D eigenvalue weighted by Gasteiger charge is 2.51. The van der Waals surface area contributed by atoms with Gasteiger partial charge in [0.05, 0.1) is 39.6 Å². The van der Waals surface area contributed by atoms with Gasteiger partial charge in [0.15, 0.2) is 0 Å². The monoisotopic (exact) mass is 488 g/mol. The van der Waals surface area contributed by atoms with Gasteiger partial charge >= 0.3 is 0 Å². The second kappa shape index (κ2) is 10.8. The van der Waals surface area contributed by atoms with E-state index in [9.17, 15) is 0 Å². The van der Waals surface area contributed by atoms with Gasteiger partial charge in [-0.2, -0.15) is 0 Å². The first kappa shape index (κ1) is 23.8. The lowest BCUT2D eigenvalue weighted by Gasteiger charge is -2.44. The minimum atomic E-state index is -0.950. The summed E-state index contributed by atoms with van der Waals surface area (Å²) < 4.78 is 37.0. The summed E-state index contributed by atoms with van der Waals surface area (Å²) in [5.41, 5.74) is 2.09. The molecule has 5 unspecified atom stereocenters. The molecule has 0 spiro atoms. The fourth-order valence-corrected chi connectivity index (χ4v) is 4.67. The highest BCUT2D eigenvalue weighted by Crippen LogP contribution is 2.45. The lowest BCUT2D eigenvalue weighted by Crippen LogP contribution is -2.50. The van der Waals surface area contributed by atoms with Crippen LogP contribution in [0, 0.1) is 0 Å². The maximum Gasteiger partial charge on any atom is 0.147 e. The molecule has 0 aliphatic carbocycles. The highest BCUT2D eigenvalue weighted by atomic mass is 16.6. The van der Waals surface area contributed by atoms with Crippen LogP contribution in [0.25, 0.3) is 0 Å². The topological polar surface area (TPSA) is 65.3 Å². The summed E-state index contributed by atoms with van der Waals surface area (Å²) >= 11 is 0. The standard InChI is InChI=1S/C30H32O6/c1-4-10-22(11-5-1)28(34-19-25-16-31-25)29(35-20-26-17-32-26)30(36-21-27-18-33-27,23-12-6-2-7-13-23)24-14-8-3-9-15-24/h1-15,25-29H,16-21H2. The molecule has 3 aliphatic rings. The number of rotatable bonds is 14. The van der Waals surface area contributed by atoms with Crippen molar-refractivity contribution in [3.05, 3.63) is 108 Å². The number of ether oxygens (including phenoxy) is 6. The third-order valence-electron chi connectivity index (χ3n) is 6.84. The van der Waals surface area contributed by atoms with E-state index in [1.165, 1.54) is 0 Å². The molecule has 0 saturated carbocycles. The molecule has 6 heteroatoms. The van der Waals surface area contributed by atoms with Crippen LogP contribution in [0.3, 0.4) is 0 Å². The average Bonchev–Trinajstić information content (AvgIpc) is 3.77. The van der Waals surface area contributed by atoms with Gasteiger partial charge in [0, 0.05) is 0 Å². The molecule has 0 aromatic heterocycles. The number of epoxide rings is 3. The molecular weight excluding hydrogens is 456 g/mol. The van der Waals surface area contributed by atoms with E-state index in [4.69, 9.17) is 28.4 Å². The Bertz CT molecular complexity index is 1040. The Morgan fingerprint density at radius 2 is 1.06 bits per heavy atom. The minimum absolute atomic E-state index is 0.0835. The predicted molar refractivity (Wildman–Crippen MR) is 134 cm³/mol. The molecule has 3 fully saturated rings. The Morgan fingerprint density at radius 3 is 1.56 bits per heavy atom. The van der Waals surface area contributed by atoms with E-state index >= 15 is 0 Å². The molecule has 3 aromatic carbocycles. The van der Waals surface area contributed by atoms with Crippen molar-refractivity contribution in [2.75, 3.05) is 39.6 Å². The van der Waals surface area contributed by atoms with Crippen LogP contribution in [0.2, 0.25) is 0 Å². The average molecular weight is 489 g/mol. The molecule has 36 heavy (non-hydrogen) atoms. The SMILES string of the molecule is c1ccc(C(OCC2CO2)C(OCC2CO2)C(OCC2CO2)(c2ccccc2)c2ccccc2)cc1. The molecule has 6 nitrogen and oxygen atoms in total. The Kier molecular flexibility index (Phi) is 7.14. The van der Waals surface area contributed by atoms with Crippen LogP contribution in [0.1, 0.15) is 22.8 Å². The minimum Gasteiger partial charge on any atom is -0.371 e. The van der Waals surface area contributed by atoms with Crippen molar-refractivity contribution in [1.29, 1.82) is 0 Å². The summed E-state index contributed by atoms with van der Waals surface area (Å²) in [7, 11) is 0. The van der Waals surface area contributed by atoms with Crippen molar-refractivity contribution >= 4 is 0 Å². The van der Waals surface area contributed by atoms with Gasteiger partial charge in [-0.25, -0.2) is 0 Å². The third kappa shape index (κ3) is 5.54. The highest BCUT2D eigenvalue weighted by molar-refractivity contribution is 5.40. The van der Waals surface area contributed by atoms with E-state index < -0.39 is 17.8 Å². The van der Waals surface area contributed by atoms with E-state index in [0.717, 1.165) is 23.3 Å².